The number of hydrogen-bond acceptors (Lipinski definition) is 6. The Morgan fingerprint density at radius 1 is 1.09 bits per heavy atom. The Hall–Kier alpha value is -2.95. The summed E-state index contributed by atoms with van der Waals surface area (Å²) in [6.45, 7) is 3.10. The summed E-state index contributed by atoms with van der Waals surface area (Å²) in [6, 6.07) is 10.9. The molecule has 9 nitrogen and oxygen atoms in total. The summed E-state index contributed by atoms with van der Waals surface area (Å²) >= 11 is 0. The van der Waals surface area contributed by atoms with Gasteiger partial charge in [0.1, 0.15) is 5.75 Å². The number of anilines is 2. The second-order valence-corrected chi connectivity index (χ2v) is 10.5. The lowest BCUT2D eigenvalue weighted by Crippen LogP contribution is -2.45. The number of amides is 2. The Morgan fingerprint density at radius 3 is 2.36 bits per heavy atom. The number of benzene rings is 2. The summed E-state index contributed by atoms with van der Waals surface area (Å²) in [5, 5.41) is 2.81. The number of nitrogens with zero attached hydrogens (tertiary/aromatic N) is 3. The number of ether oxygens (including phenoxy) is 1. The first kappa shape index (κ1) is 24.7. The third-order valence-corrected chi connectivity index (χ3v) is 7.14. The summed E-state index contributed by atoms with van der Waals surface area (Å²) in [7, 11) is 3.29. The smallest absolute Gasteiger partial charge is 0.267 e. The zero-order valence-electron chi connectivity index (χ0n) is 19.5. The van der Waals surface area contributed by atoms with E-state index in [1.54, 1.807) is 30.0 Å². The van der Waals surface area contributed by atoms with Crippen molar-refractivity contribution in [2.45, 2.75) is 24.3 Å². The molecule has 1 atom stereocenters. The summed E-state index contributed by atoms with van der Waals surface area (Å²) in [4.78, 5) is 29.3. The van der Waals surface area contributed by atoms with E-state index in [9.17, 15) is 18.0 Å². The van der Waals surface area contributed by atoms with Crippen LogP contribution in [0.4, 0.5) is 11.4 Å². The van der Waals surface area contributed by atoms with Crippen molar-refractivity contribution in [2.24, 2.45) is 0 Å². The predicted molar refractivity (Wildman–Crippen MR) is 127 cm³/mol. The van der Waals surface area contributed by atoms with Gasteiger partial charge in [-0.05, 0) is 76.4 Å². The first-order chi connectivity index (χ1) is 15.5. The van der Waals surface area contributed by atoms with Crippen LogP contribution in [0.3, 0.4) is 0 Å². The number of hydrogen-bond donors (Lipinski definition) is 1. The van der Waals surface area contributed by atoms with Crippen LogP contribution in [0.5, 0.6) is 5.75 Å². The van der Waals surface area contributed by atoms with Crippen molar-refractivity contribution in [1.29, 1.82) is 0 Å². The first-order valence-electron chi connectivity index (χ1n) is 10.6. The lowest BCUT2D eigenvalue weighted by Gasteiger charge is -2.33. The van der Waals surface area contributed by atoms with Gasteiger partial charge in [0.2, 0.25) is 10.0 Å². The van der Waals surface area contributed by atoms with E-state index in [1.165, 1.54) is 38.4 Å². The zero-order chi connectivity index (χ0) is 24.3. The van der Waals surface area contributed by atoms with Gasteiger partial charge in [-0.2, -0.15) is 0 Å². The van der Waals surface area contributed by atoms with Crippen LogP contribution in [0, 0.1) is 0 Å². The molecule has 0 fully saturated rings. The van der Waals surface area contributed by atoms with Crippen LogP contribution in [0.2, 0.25) is 0 Å². The molecule has 10 heteroatoms. The van der Waals surface area contributed by atoms with Crippen LogP contribution in [-0.4, -0.2) is 76.8 Å². The highest BCUT2D eigenvalue weighted by Crippen LogP contribution is 2.36. The van der Waals surface area contributed by atoms with Crippen molar-refractivity contribution in [3.05, 3.63) is 48.0 Å². The molecule has 2 amide bonds. The highest BCUT2D eigenvalue weighted by Gasteiger charge is 2.31. The number of sulfonamides is 1. The van der Waals surface area contributed by atoms with Gasteiger partial charge in [0.25, 0.3) is 11.8 Å². The first-order valence-corrected chi connectivity index (χ1v) is 12.1. The van der Waals surface area contributed by atoms with Gasteiger partial charge in [-0.25, -0.2) is 12.7 Å². The molecular weight excluding hydrogens is 444 g/mol. The van der Waals surface area contributed by atoms with Gasteiger partial charge in [0, 0.05) is 31.9 Å². The maximum atomic E-state index is 12.7. The van der Waals surface area contributed by atoms with E-state index in [4.69, 9.17) is 4.74 Å². The molecule has 0 bridgehead atoms. The minimum absolute atomic E-state index is 0.107. The molecule has 1 heterocycles. The minimum atomic E-state index is -3.57. The van der Waals surface area contributed by atoms with Crippen molar-refractivity contribution in [1.82, 2.24) is 9.21 Å². The van der Waals surface area contributed by atoms with Crippen LogP contribution in [0.25, 0.3) is 0 Å². The Balaban J connectivity index is 1.79. The quantitative estimate of drug-likeness (QED) is 0.630. The van der Waals surface area contributed by atoms with Crippen LogP contribution in [0.1, 0.15) is 23.7 Å². The third-order valence-electron chi connectivity index (χ3n) is 5.31. The summed E-state index contributed by atoms with van der Waals surface area (Å²) in [6.07, 6.45) is 0.221. The maximum absolute atomic E-state index is 12.7. The highest BCUT2D eigenvalue weighted by molar-refractivity contribution is 7.89. The molecule has 0 saturated heterocycles. The molecular formula is C23H30N4O5S. The molecule has 0 aliphatic carbocycles. The molecule has 1 unspecified atom stereocenters. The van der Waals surface area contributed by atoms with E-state index in [-0.39, 0.29) is 16.7 Å². The molecule has 3 rings (SSSR count). The average Bonchev–Trinajstić information content (AvgIpc) is 2.76. The van der Waals surface area contributed by atoms with Gasteiger partial charge in [0.05, 0.1) is 10.6 Å². The lowest BCUT2D eigenvalue weighted by molar-refractivity contribution is -0.125. The van der Waals surface area contributed by atoms with Crippen molar-refractivity contribution < 1.29 is 22.7 Å². The molecule has 2 aromatic carbocycles. The summed E-state index contributed by atoms with van der Waals surface area (Å²) in [5.74, 6) is 0.0740. The fraction of sp³-hybridized carbons (Fsp3) is 0.391. The van der Waals surface area contributed by atoms with Crippen LogP contribution in [0.15, 0.2) is 47.4 Å². The van der Waals surface area contributed by atoms with Crippen molar-refractivity contribution in [3.63, 3.8) is 0 Å². The normalized spacial score (nSPS) is 16.0. The van der Waals surface area contributed by atoms with E-state index in [0.29, 0.717) is 29.2 Å². The Morgan fingerprint density at radius 2 is 1.76 bits per heavy atom. The maximum Gasteiger partial charge on any atom is 0.267 e. The number of fused-ring (bicyclic) bond motifs is 1. The zero-order valence-corrected chi connectivity index (χ0v) is 20.3. The molecule has 1 aliphatic heterocycles. The summed E-state index contributed by atoms with van der Waals surface area (Å²) < 4.78 is 31.3. The SMILES string of the molecule is CC1Oc2ccc(NC(=O)c3ccc(S(=O)(=O)N(C)C)cc3)cc2N(CCCN(C)C)C1=O. The van der Waals surface area contributed by atoms with Gasteiger partial charge < -0.3 is 19.9 Å². The number of carbonyl (C=O) groups is 2. The lowest BCUT2D eigenvalue weighted by atomic mass is 10.1. The molecule has 0 radical (unpaired) electrons. The number of nitrogens with one attached hydrogen (secondary N) is 1. The number of carbonyl (C=O) groups excluding carboxylic acids is 2. The Kier molecular flexibility index (Phi) is 7.41. The molecule has 0 spiro atoms. The van der Waals surface area contributed by atoms with E-state index >= 15 is 0 Å². The highest BCUT2D eigenvalue weighted by atomic mass is 32.2. The second kappa shape index (κ2) is 9.90. The standard InChI is InChI=1S/C23H30N4O5S/c1-16-23(29)27(14-6-13-25(2)3)20-15-18(9-12-21(20)32-16)24-22(28)17-7-10-19(11-8-17)33(30,31)26(4)5/h7-12,15-16H,6,13-14H2,1-5H3,(H,24,28). The Bertz CT molecular complexity index is 1130. The van der Waals surface area contributed by atoms with Gasteiger partial charge in [-0.3, -0.25) is 9.59 Å². The van der Waals surface area contributed by atoms with Gasteiger partial charge in [-0.1, -0.05) is 0 Å². The van der Waals surface area contributed by atoms with Crippen LogP contribution < -0.4 is 15.0 Å². The molecule has 0 aromatic heterocycles. The van der Waals surface area contributed by atoms with Crippen molar-refractivity contribution in [3.8, 4) is 5.75 Å². The van der Waals surface area contributed by atoms with E-state index < -0.39 is 16.1 Å². The Labute approximate surface area is 195 Å². The molecule has 0 saturated carbocycles. The molecule has 1 aliphatic rings. The molecule has 178 valence electrons. The van der Waals surface area contributed by atoms with E-state index in [0.717, 1.165) is 17.3 Å². The monoisotopic (exact) mass is 474 g/mol. The van der Waals surface area contributed by atoms with E-state index in [2.05, 4.69) is 10.2 Å². The summed E-state index contributed by atoms with van der Waals surface area (Å²) in [5.41, 5.74) is 1.43. The molecule has 1 N–H and O–H groups in total. The van der Waals surface area contributed by atoms with Crippen molar-refractivity contribution >= 4 is 33.2 Å². The fourth-order valence-corrected chi connectivity index (χ4v) is 4.35. The predicted octanol–water partition coefficient (Wildman–Crippen LogP) is 2.25. The molecule has 33 heavy (non-hydrogen) atoms. The van der Waals surface area contributed by atoms with Gasteiger partial charge in [0.15, 0.2) is 6.10 Å². The van der Waals surface area contributed by atoms with Crippen LogP contribution >= 0.6 is 0 Å². The molecule has 2 aromatic rings. The largest absolute Gasteiger partial charge is 0.479 e. The fourth-order valence-electron chi connectivity index (χ4n) is 3.45. The average molecular weight is 475 g/mol. The second-order valence-electron chi connectivity index (χ2n) is 8.36. The topological polar surface area (TPSA) is 99.3 Å². The number of rotatable bonds is 8. The van der Waals surface area contributed by atoms with E-state index in [1.807, 2.05) is 14.1 Å². The van der Waals surface area contributed by atoms with Crippen LogP contribution in [-0.2, 0) is 14.8 Å². The third kappa shape index (κ3) is 5.52. The van der Waals surface area contributed by atoms with Gasteiger partial charge in [-0.15, -0.1) is 0 Å². The van der Waals surface area contributed by atoms with Gasteiger partial charge >= 0.3 is 0 Å². The minimum Gasteiger partial charge on any atom is -0.479 e. The van der Waals surface area contributed by atoms with Crippen molar-refractivity contribution in [2.75, 3.05) is 51.5 Å².